The number of H-pyrrole nitrogens is 1. The molecule has 3 aromatic rings. The topological polar surface area (TPSA) is 84.4 Å². The monoisotopic (exact) mass is 405 g/mol. The standard InChI is InChI=1S/C23H23N3O4/c1-30-20-9-5-2-6-16(20)10-11-21(27)25-14-12-17(13-15-25)26-22(28)18-7-3-4-8-19(18)24-23(26)29/h2-11,17H,12-15H2,1H3,(H,24,29). The van der Waals surface area contributed by atoms with Gasteiger partial charge in [-0.1, -0.05) is 30.3 Å². The summed E-state index contributed by atoms with van der Waals surface area (Å²) in [5, 5.41) is 0.496. The quantitative estimate of drug-likeness (QED) is 0.676. The highest BCUT2D eigenvalue weighted by Gasteiger charge is 2.25. The molecule has 1 N–H and O–H groups in total. The van der Waals surface area contributed by atoms with Crippen LogP contribution in [0.4, 0.5) is 0 Å². The van der Waals surface area contributed by atoms with Crippen LogP contribution in [-0.2, 0) is 4.79 Å². The molecule has 0 spiro atoms. The van der Waals surface area contributed by atoms with Gasteiger partial charge in [0.05, 0.1) is 18.0 Å². The molecule has 1 saturated heterocycles. The molecule has 0 unspecified atom stereocenters. The van der Waals surface area contributed by atoms with Crippen molar-refractivity contribution in [2.24, 2.45) is 0 Å². The Kier molecular flexibility index (Phi) is 5.52. The van der Waals surface area contributed by atoms with Gasteiger partial charge < -0.3 is 14.6 Å². The van der Waals surface area contributed by atoms with Gasteiger partial charge in [-0.3, -0.25) is 14.2 Å². The summed E-state index contributed by atoms with van der Waals surface area (Å²) < 4.78 is 6.60. The number of amides is 1. The number of rotatable bonds is 4. The van der Waals surface area contributed by atoms with Crippen molar-refractivity contribution in [1.29, 1.82) is 0 Å². The van der Waals surface area contributed by atoms with Crippen LogP contribution in [0.25, 0.3) is 17.0 Å². The third kappa shape index (κ3) is 3.78. The number of aromatic nitrogens is 2. The summed E-state index contributed by atoms with van der Waals surface area (Å²) in [5.74, 6) is 0.606. The molecular formula is C23H23N3O4. The number of piperidine rings is 1. The van der Waals surface area contributed by atoms with Crippen molar-refractivity contribution < 1.29 is 9.53 Å². The summed E-state index contributed by atoms with van der Waals surface area (Å²) in [6, 6.07) is 14.3. The van der Waals surface area contributed by atoms with Crippen molar-refractivity contribution in [2.75, 3.05) is 20.2 Å². The Bertz CT molecular complexity index is 1220. The SMILES string of the molecule is COc1ccccc1C=CC(=O)N1CCC(n2c(=O)[nH]c3ccccc3c2=O)CC1. The van der Waals surface area contributed by atoms with Crippen molar-refractivity contribution in [2.45, 2.75) is 18.9 Å². The molecule has 30 heavy (non-hydrogen) atoms. The maximum absolute atomic E-state index is 12.8. The number of ether oxygens (including phenoxy) is 1. The lowest BCUT2D eigenvalue weighted by Crippen LogP contribution is -2.44. The van der Waals surface area contributed by atoms with Crippen molar-refractivity contribution in [1.82, 2.24) is 14.5 Å². The zero-order valence-corrected chi connectivity index (χ0v) is 16.7. The molecule has 2 aromatic carbocycles. The van der Waals surface area contributed by atoms with E-state index in [4.69, 9.17) is 4.74 Å². The molecule has 7 nitrogen and oxygen atoms in total. The highest BCUT2D eigenvalue weighted by molar-refractivity contribution is 5.92. The lowest BCUT2D eigenvalue weighted by Gasteiger charge is -2.31. The second kappa shape index (κ2) is 8.41. The molecule has 1 fully saturated rings. The molecule has 154 valence electrons. The van der Waals surface area contributed by atoms with Crippen LogP contribution in [-0.4, -0.2) is 40.6 Å². The van der Waals surface area contributed by atoms with Gasteiger partial charge in [-0.15, -0.1) is 0 Å². The number of para-hydroxylation sites is 2. The number of benzene rings is 2. The van der Waals surface area contributed by atoms with Gasteiger partial charge in [0.25, 0.3) is 5.56 Å². The first-order valence-corrected chi connectivity index (χ1v) is 9.92. The number of hydrogen-bond acceptors (Lipinski definition) is 4. The first-order valence-electron chi connectivity index (χ1n) is 9.92. The van der Waals surface area contributed by atoms with Crippen molar-refractivity contribution in [3.63, 3.8) is 0 Å². The highest BCUT2D eigenvalue weighted by atomic mass is 16.5. The molecule has 0 saturated carbocycles. The zero-order valence-electron chi connectivity index (χ0n) is 16.7. The molecule has 0 aliphatic carbocycles. The molecule has 0 radical (unpaired) electrons. The van der Waals surface area contributed by atoms with Gasteiger partial charge in [0.2, 0.25) is 5.91 Å². The molecule has 0 atom stereocenters. The zero-order chi connectivity index (χ0) is 21.1. The van der Waals surface area contributed by atoms with Crippen LogP contribution in [0.1, 0.15) is 24.4 Å². The van der Waals surface area contributed by atoms with Gasteiger partial charge in [-0.2, -0.15) is 0 Å². The van der Waals surface area contributed by atoms with Gasteiger partial charge in [-0.05, 0) is 37.1 Å². The molecular weight excluding hydrogens is 382 g/mol. The van der Waals surface area contributed by atoms with Crippen LogP contribution < -0.4 is 16.0 Å². The number of carbonyl (C=O) groups excluding carboxylic acids is 1. The number of fused-ring (bicyclic) bond motifs is 1. The Balaban J connectivity index is 1.47. The minimum Gasteiger partial charge on any atom is -0.496 e. The Hall–Kier alpha value is -3.61. The molecule has 4 rings (SSSR count). The smallest absolute Gasteiger partial charge is 0.329 e. The molecule has 2 heterocycles. The summed E-state index contributed by atoms with van der Waals surface area (Å²) in [7, 11) is 1.59. The van der Waals surface area contributed by atoms with E-state index < -0.39 is 5.69 Å². The summed E-state index contributed by atoms with van der Waals surface area (Å²) in [4.78, 5) is 42.4. The third-order valence-electron chi connectivity index (χ3n) is 5.52. The maximum Gasteiger partial charge on any atom is 0.329 e. The lowest BCUT2D eigenvalue weighted by molar-refractivity contribution is -0.127. The number of nitrogens with zero attached hydrogens (tertiary/aromatic N) is 2. The molecule has 7 heteroatoms. The van der Waals surface area contributed by atoms with Crippen LogP contribution in [0, 0.1) is 0 Å². The minimum atomic E-state index is -0.403. The molecule has 1 aliphatic rings. The predicted octanol–water partition coefficient (Wildman–Crippen LogP) is 2.58. The Labute approximate surface area is 173 Å². The van der Waals surface area contributed by atoms with Crippen LogP contribution in [0.2, 0.25) is 0 Å². The molecule has 1 aliphatic heterocycles. The average Bonchev–Trinajstić information content (AvgIpc) is 2.78. The first kappa shape index (κ1) is 19.7. The van der Waals surface area contributed by atoms with E-state index in [1.165, 1.54) is 10.6 Å². The van der Waals surface area contributed by atoms with Gasteiger partial charge in [0, 0.05) is 30.8 Å². The van der Waals surface area contributed by atoms with Crippen LogP contribution in [0.5, 0.6) is 5.75 Å². The molecule has 1 aromatic heterocycles. The predicted molar refractivity (Wildman–Crippen MR) is 116 cm³/mol. The highest BCUT2D eigenvalue weighted by Crippen LogP contribution is 2.22. The van der Waals surface area contributed by atoms with Gasteiger partial charge >= 0.3 is 5.69 Å². The number of nitrogens with one attached hydrogen (secondary N) is 1. The van der Waals surface area contributed by atoms with Crippen molar-refractivity contribution >= 4 is 22.9 Å². The maximum atomic E-state index is 12.8. The van der Waals surface area contributed by atoms with Gasteiger partial charge in [0.15, 0.2) is 0 Å². The Morgan fingerprint density at radius 1 is 1.07 bits per heavy atom. The van der Waals surface area contributed by atoms with E-state index in [1.807, 2.05) is 24.3 Å². The molecule has 1 amide bonds. The fourth-order valence-corrected chi connectivity index (χ4v) is 3.92. The normalized spacial score (nSPS) is 15.0. The van der Waals surface area contributed by atoms with E-state index in [-0.39, 0.29) is 17.5 Å². The van der Waals surface area contributed by atoms with E-state index >= 15 is 0 Å². The summed E-state index contributed by atoms with van der Waals surface area (Å²) in [5.41, 5.74) is 0.685. The number of carbonyl (C=O) groups is 1. The fourth-order valence-electron chi connectivity index (χ4n) is 3.92. The average molecular weight is 405 g/mol. The summed E-state index contributed by atoms with van der Waals surface area (Å²) >= 11 is 0. The van der Waals surface area contributed by atoms with Crippen molar-refractivity contribution in [3.05, 3.63) is 81.0 Å². The van der Waals surface area contributed by atoms with Crippen molar-refractivity contribution in [3.8, 4) is 5.75 Å². The van der Waals surface area contributed by atoms with E-state index in [1.54, 1.807) is 42.4 Å². The fraction of sp³-hybridized carbons (Fsp3) is 0.261. The van der Waals surface area contributed by atoms with Crippen LogP contribution >= 0.6 is 0 Å². The van der Waals surface area contributed by atoms with E-state index in [0.717, 1.165) is 5.56 Å². The number of methoxy groups -OCH3 is 1. The summed E-state index contributed by atoms with van der Waals surface area (Å²) in [6.07, 6.45) is 4.38. The van der Waals surface area contributed by atoms with E-state index in [9.17, 15) is 14.4 Å². The molecule has 0 bridgehead atoms. The Morgan fingerprint density at radius 3 is 2.53 bits per heavy atom. The summed E-state index contributed by atoms with van der Waals surface area (Å²) in [6.45, 7) is 0.969. The first-order chi connectivity index (χ1) is 14.6. The second-order valence-electron chi connectivity index (χ2n) is 7.28. The largest absolute Gasteiger partial charge is 0.496 e. The minimum absolute atomic E-state index is 0.0980. The second-order valence-corrected chi connectivity index (χ2v) is 7.28. The number of likely N-dealkylation sites (tertiary alicyclic amines) is 1. The third-order valence-corrected chi connectivity index (χ3v) is 5.52. The van der Waals surface area contributed by atoms with E-state index in [0.29, 0.717) is 42.6 Å². The number of hydrogen-bond donors (Lipinski definition) is 1. The van der Waals surface area contributed by atoms with Gasteiger partial charge in [0.1, 0.15) is 5.75 Å². The number of aromatic amines is 1. The van der Waals surface area contributed by atoms with E-state index in [2.05, 4.69) is 4.98 Å². The van der Waals surface area contributed by atoms with Crippen LogP contribution in [0.3, 0.4) is 0 Å². The Morgan fingerprint density at radius 2 is 1.77 bits per heavy atom. The van der Waals surface area contributed by atoms with Gasteiger partial charge in [-0.25, -0.2) is 4.79 Å². The van der Waals surface area contributed by atoms with Crippen LogP contribution in [0.15, 0.2) is 64.2 Å². The lowest BCUT2D eigenvalue weighted by atomic mass is 10.0.